The first-order valence-corrected chi connectivity index (χ1v) is 5.67. The fraction of sp³-hybridized carbons (Fsp3) is 0.308. The van der Waals surface area contributed by atoms with E-state index in [1.54, 1.807) is 18.6 Å². The van der Waals surface area contributed by atoms with Crippen LogP contribution in [0, 0.1) is 0 Å². The van der Waals surface area contributed by atoms with Crippen LogP contribution in [0.4, 0.5) is 0 Å². The van der Waals surface area contributed by atoms with Crippen molar-refractivity contribution in [2.24, 2.45) is 0 Å². The zero-order valence-electron chi connectivity index (χ0n) is 10.3. The minimum Gasteiger partial charge on any atom is -0.481 e. The predicted molar refractivity (Wildman–Crippen MR) is 67.1 cm³/mol. The van der Waals surface area contributed by atoms with E-state index in [1.165, 1.54) is 0 Å². The second-order valence-corrected chi connectivity index (χ2v) is 4.84. The molecule has 0 fully saturated rings. The quantitative estimate of drug-likeness (QED) is 0.865. The van der Waals surface area contributed by atoms with Crippen LogP contribution in [0.1, 0.15) is 26.1 Å². The molecule has 0 bridgehead atoms. The van der Waals surface area contributed by atoms with Gasteiger partial charge in [0.25, 0.3) is 0 Å². The number of aliphatic carboxylic acids is 1. The third-order valence-corrected chi connectivity index (χ3v) is 2.80. The van der Waals surface area contributed by atoms with E-state index < -0.39 is 11.4 Å². The number of imidazole rings is 1. The van der Waals surface area contributed by atoms with Crippen molar-refractivity contribution in [2.75, 3.05) is 0 Å². The largest absolute Gasteiger partial charge is 0.481 e. The molecule has 2 rings (SSSR count). The van der Waals surface area contributed by atoms with Crippen LogP contribution < -0.4 is 0 Å². The number of rotatable bonds is 4. The molecule has 94 valence electrons. The fourth-order valence-electron chi connectivity index (χ4n) is 1.81. The summed E-state index contributed by atoms with van der Waals surface area (Å²) in [4.78, 5) is 22.2. The number of nitrogens with one attached hydrogen (secondary N) is 1. The standard InChI is InChI=1S/C13H15N3O2/c1-13(2,7-11(17)18)12-15-8-10(16-12)9-3-5-14-6-4-9/h3-6,8H,7H2,1-2H3,(H,15,16)(H,17,18). The molecule has 0 saturated heterocycles. The molecular formula is C13H15N3O2. The minimum absolute atomic E-state index is 0.0380. The highest BCUT2D eigenvalue weighted by Gasteiger charge is 2.27. The van der Waals surface area contributed by atoms with Crippen molar-refractivity contribution < 1.29 is 9.90 Å². The molecule has 0 aliphatic rings. The Morgan fingerprint density at radius 2 is 2.06 bits per heavy atom. The lowest BCUT2D eigenvalue weighted by Crippen LogP contribution is -2.23. The lowest BCUT2D eigenvalue weighted by atomic mass is 9.88. The Morgan fingerprint density at radius 1 is 1.39 bits per heavy atom. The molecule has 0 aliphatic heterocycles. The predicted octanol–water partition coefficient (Wildman–Crippen LogP) is 2.22. The van der Waals surface area contributed by atoms with Gasteiger partial charge in [-0.25, -0.2) is 4.98 Å². The van der Waals surface area contributed by atoms with E-state index in [4.69, 9.17) is 5.11 Å². The smallest absolute Gasteiger partial charge is 0.304 e. The van der Waals surface area contributed by atoms with Crippen LogP contribution in [0.5, 0.6) is 0 Å². The van der Waals surface area contributed by atoms with E-state index in [-0.39, 0.29) is 6.42 Å². The Labute approximate surface area is 105 Å². The van der Waals surface area contributed by atoms with Crippen LogP contribution >= 0.6 is 0 Å². The molecule has 2 aromatic heterocycles. The van der Waals surface area contributed by atoms with Gasteiger partial charge in [-0.1, -0.05) is 13.8 Å². The topological polar surface area (TPSA) is 78.9 Å². The van der Waals surface area contributed by atoms with Gasteiger partial charge in [0, 0.05) is 23.4 Å². The Balaban J connectivity index is 2.28. The lowest BCUT2D eigenvalue weighted by Gasteiger charge is -2.19. The van der Waals surface area contributed by atoms with Gasteiger partial charge in [-0.05, 0) is 12.1 Å². The van der Waals surface area contributed by atoms with Crippen molar-refractivity contribution in [2.45, 2.75) is 25.7 Å². The van der Waals surface area contributed by atoms with Gasteiger partial charge in [-0.15, -0.1) is 0 Å². The summed E-state index contributed by atoms with van der Waals surface area (Å²) in [5, 5.41) is 8.88. The highest BCUT2D eigenvalue weighted by atomic mass is 16.4. The summed E-state index contributed by atoms with van der Waals surface area (Å²) in [7, 11) is 0. The van der Waals surface area contributed by atoms with E-state index in [0.29, 0.717) is 5.82 Å². The first-order chi connectivity index (χ1) is 8.49. The van der Waals surface area contributed by atoms with Gasteiger partial charge in [-0.2, -0.15) is 0 Å². The van der Waals surface area contributed by atoms with Crippen molar-refractivity contribution in [1.29, 1.82) is 0 Å². The van der Waals surface area contributed by atoms with Gasteiger partial charge in [0.05, 0.1) is 18.3 Å². The van der Waals surface area contributed by atoms with E-state index in [1.807, 2.05) is 26.0 Å². The van der Waals surface area contributed by atoms with Crippen LogP contribution in [0.25, 0.3) is 11.3 Å². The number of H-pyrrole nitrogens is 1. The third kappa shape index (κ3) is 2.56. The second kappa shape index (κ2) is 4.60. The van der Waals surface area contributed by atoms with Gasteiger partial charge >= 0.3 is 5.97 Å². The van der Waals surface area contributed by atoms with Crippen molar-refractivity contribution in [1.82, 2.24) is 15.0 Å². The number of hydrogen-bond acceptors (Lipinski definition) is 3. The molecule has 2 heterocycles. The fourth-order valence-corrected chi connectivity index (χ4v) is 1.81. The van der Waals surface area contributed by atoms with Gasteiger partial charge in [0.1, 0.15) is 5.82 Å². The number of pyridine rings is 1. The molecule has 5 heteroatoms. The monoisotopic (exact) mass is 245 g/mol. The normalized spacial score (nSPS) is 11.4. The van der Waals surface area contributed by atoms with Crippen LogP contribution in [-0.4, -0.2) is 26.0 Å². The molecule has 18 heavy (non-hydrogen) atoms. The molecule has 0 aliphatic carbocycles. The summed E-state index contributed by atoms with van der Waals surface area (Å²) in [6, 6.07) is 3.75. The molecule has 0 unspecified atom stereocenters. The average molecular weight is 245 g/mol. The summed E-state index contributed by atoms with van der Waals surface area (Å²) in [5.74, 6) is -0.154. The summed E-state index contributed by atoms with van der Waals surface area (Å²) in [6.07, 6.45) is 5.17. The lowest BCUT2D eigenvalue weighted by molar-refractivity contribution is -0.138. The third-order valence-electron chi connectivity index (χ3n) is 2.80. The number of aromatic nitrogens is 3. The van der Waals surface area contributed by atoms with E-state index in [2.05, 4.69) is 15.0 Å². The Hall–Kier alpha value is -2.17. The second-order valence-electron chi connectivity index (χ2n) is 4.84. The molecule has 0 aromatic carbocycles. The van der Waals surface area contributed by atoms with Crippen molar-refractivity contribution in [3.8, 4) is 11.3 Å². The first-order valence-electron chi connectivity index (χ1n) is 5.67. The Bertz CT molecular complexity index is 546. The Morgan fingerprint density at radius 3 is 2.67 bits per heavy atom. The molecule has 2 N–H and O–H groups in total. The van der Waals surface area contributed by atoms with Gasteiger partial charge in [0.2, 0.25) is 0 Å². The molecule has 0 spiro atoms. The molecule has 0 radical (unpaired) electrons. The zero-order valence-corrected chi connectivity index (χ0v) is 10.3. The average Bonchev–Trinajstić information content (AvgIpc) is 2.78. The maximum atomic E-state index is 10.8. The summed E-state index contributed by atoms with van der Waals surface area (Å²) in [6.45, 7) is 3.71. The molecule has 0 atom stereocenters. The molecule has 2 aromatic rings. The highest BCUT2D eigenvalue weighted by Crippen LogP contribution is 2.26. The maximum absolute atomic E-state index is 10.8. The molecule has 0 amide bonds. The number of carboxylic acid groups (broad SMARTS) is 1. The van der Waals surface area contributed by atoms with E-state index in [9.17, 15) is 4.79 Å². The van der Waals surface area contributed by atoms with Crippen LogP contribution in [0.3, 0.4) is 0 Å². The van der Waals surface area contributed by atoms with Crippen molar-refractivity contribution >= 4 is 5.97 Å². The first kappa shape index (κ1) is 12.3. The number of nitrogens with zero attached hydrogens (tertiary/aromatic N) is 2. The van der Waals surface area contributed by atoms with Crippen LogP contribution in [0.15, 0.2) is 30.7 Å². The van der Waals surface area contributed by atoms with Crippen molar-refractivity contribution in [3.63, 3.8) is 0 Å². The van der Waals surface area contributed by atoms with Crippen LogP contribution in [-0.2, 0) is 10.2 Å². The minimum atomic E-state index is -0.832. The van der Waals surface area contributed by atoms with Gasteiger partial charge in [0.15, 0.2) is 0 Å². The molecule has 0 saturated carbocycles. The van der Waals surface area contributed by atoms with E-state index >= 15 is 0 Å². The van der Waals surface area contributed by atoms with Gasteiger partial charge < -0.3 is 10.1 Å². The molecular weight excluding hydrogens is 230 g/mol. The Kier molecular flexibility index (Phi) is 3.14. The number of hydrogen-bond donors (Lipinski definition) is 2. The van der Waals surface area contributed by atoms with E-state index in [0.717, 1.165) is 11.3 Å². The SMILES string of the molecule is CC(C)(CC(=O)O)c1ncc(-c2ccncc2)[nH]1. The maximum Gasteiger partial charge on any atom is 0.304 e. The summed E-state index contributed by atoms with van der Waals surface area (Å²) in [5.41, 5.74) is 1.33. The van der Waals surface area contributed by atoms with Crippen molar-refractivity contribution in [3.05, 3.63) is 36.5 Å². The number of aromatic amines is 1. The highest BCUT2D eigenvalue weighted by molar-refractivity contribution is 5.68. The van der Waals surface area contributed by atoms with Crippen LogP contribution in [0.2, 0.25) is 0 Å². The summed E-state index contributed by atoms with van der Waals surface area (Å²) >= 11 is 0. The zero-order chi connectivity index (χ0) is 13.2. The number of carbonyl (C=O) groups is 1. The summed E-state index contributed by atoms with van der Waals surface area (Å²) < 4.78 is 0. The molecule has 5 nitrogen and oxygen atoms in total. The number of carboxylic acids is 1. The van der Waals surface area contributed by atoms with Gasteiger partial charge in [-0.3, -0.25) is 9.78 Å².